The Hall–Kier alpha value is -3.29. The van der Waals surface area contributed by atoms with Crippen molar-refractivity contribution in [1.82, 2.24) is 5.32 Å². The number of hydrogen-bond donors (Lipinski definition) is 2. The molecule has 1 aliphatic heterocycles. The number of rotatable bonds is 6. The quantitative estimate of drug-likeness (QED) is 0.556. The fraction of sp³-hybridized carbons (Fsp3) is 0.409. The van der Waals surface area contributed by atoms with Crippen LogP contribution in [0.3, 0.4) is 0 Å². The van der Waals surface area contributed by atoms with Crippen LogP contribution in [0.15, 0.2) is 36.4 Å². The number of fused-ring (bicyclic) bond motifs is 1. The number of anilines is 1. The Kier molecular flexibility index (Phi) is 5.48. The molecule has 1 amide bonds. The summed E-state index contributed by atoms with van der Waals surface area (Å²) in [5.74, 6) is 1.16. The molecule has 1 heterocycles. The van der Waals surface area contributed by atoms with E-state index < -0.39 is 4.92 Å². The van der Waals surface area contributed by atoms with E-state index in [2.05, 4.69) is 16.7 Å². The van der Waals surface area contributed by atoms with Gasteiger partial charge in [-0.2, -0.15) is 0 Å². The first-order chi connectivity index (χ1) is 14.5. The minimum atomic E-state index is -0.496. The molecule has 8 nitrogen and oxygen atoms in total. The lowest BCUT2D eigenvalue weighted by molar-refractivity contribution is -0.384. The third-order valence-corrected chi connectivity index (χ3v) is 6.03. The molecule has 2 aromatic rings. The number of nitrogens with one attached hydrogen (secondary N) is 2. The zero-order valence-electron chi connectivity index (χ0n) is 16.9. The fourth-order valence-electron chi connectivity index (χ4n) is 4.39. The van der Waals surface area contributed by atoms with Crippen LogP contribution in [-0.2, 0) is 5.41 Å². The first kappa shape index (κ1) is 20.0. The van der Waals surface area contributed by atoms with Gasteiger partial charge in [-0.1, -0.05) is 18.9 Å². The van der Waals surface area contributed by atoms with Gasteiger partial charge in [0.05, 0.1) is 10.5 Å². The van der Waals surface area contributed by atoms with Gasteiger partial charge in [0, 0.05) is 36.8 Å². The van der Waals surface area contributed by atoms with Crippen molar-refractivity contribution >= 4 is 17.3 Å². The molecular weight excluding hydrogens is 386 g/mol. The third kappa shape index (κ3) is 3.77. The lowest BCUT2D eigenvalue weighted by Gasteiger charge is -2.31. The highest BCUT2D eigenvalue weighted by molar-refractivity contribution is 6.00. The van der Waals surface area contributed by atoms with E-state index in [0.717, 1.165) is 42.7 Å². The van der Waals surface area contributed by atoms with Crippen LogP contribution in [0.5, 0.6) is 11.5 Å². The fourth-order valence-corrected chi connectivity index (χ4v) is 4.39. The van der Waals surface area contributed by atoms with Gasteiger partial charge < -0.3 is 20.1 Å². The zero-order chi connectivity index (χ0) is 21.1. The molecule has 2 aliphatic rings. The van der Waals surface area contributed by atoms with E-state index in [9.17, 15) is 14.9 Å². The van der Waals surface area contributed by atoms with Gasteiger partial charge in [0.15, 0.2) is 11.5 Å². The maximum atomic E-state index is 12.9. The number of nitro groups is 1. The van der Waals surface area contributed by atoms with Crippen LogP contribution in [-0.4, -0.2) is 37.6 Å². The Morgan fingerprint density at radius 1 is 1.10 bits per heavy atom. The van der Waals surface area contributed by atoms with E-state index in [4.69, 9.17) is 9.47 Å². The number of non-ortho nitro benzene ring substituents is 1. The molecule has 0 aromatic heterocycles. The summed E-state index contributed by atoms with van der Waals surface area (Å²) in [5, 5.41) is 17.1. The lowest BCUT2D eigenvalue weighted by atomic mass is 9.78. The highest BCUT2D eigenvalue weighted by Gasteiger charge is 2.37. The molecule has 158 valence electrons. The zero-order valence-corrected chi connectivity index (χ0v) is 16.9. The number of nitrogens with zero attached hydrogens (tertiary/aromatic N) is 1. The molecule has 0 unspecified atom stereocenters. The van der Waals surface area contributed by atoms with E-state index in [1.165, 1.54) is 12.1 Å². The smallest absolute Gasteiger partial charge is 0.270 e. The molecule has 0 spiro atoms. The molecule has 2 N–H and O–H groups in total. The molecule has 0 radical (unpaired) electrons. The number of carbonyl (C=O) groups excluding carboxylic acids is 1. The monoisotopic (exact) mass is 411 g/mol. The van der Waals surface area contributed by atoms with Gasteiger partial charge in [-0.15, -0.1) is 0 Å². The molecule has 0 saturated heterocycles. The summed E-state index contributed by atoms with van der Waals surface area (Å²) in [6.07, 6.45) is 4.09. The molecule has 2 aromatic carbocycles. The highest BCUT2D eigenvalue weighted by atomic mass is 16.6. The van der Waals surface area contributed by atoms with Gasteiger partial charge in [-0.25, -0.2) is 0 Å². The average molecular weight is 411 g/mol. The Balaban J connectivity index is 1.57. The second-order valence-corrected chi connectivity index (χ2v) is 7.77. The van der Waals surface area contributed by atoms with Crippen molar-refractivity contribution < 1.29 is 19.2 Å². The second-order valence-electron chi connectivity index (χ2n) is 7.77. The molecule has 4 rings (SSSR count). The number of ether oxygens (including phenoxy) is 2. The minimum Gasteiger partial charge on any atom is -0.486 e. The maximum Gasteiger partial charge on any atom is 0.270 e. The lowest BCUT2D eigenvalue weighted by Crippen LogP contribution is -2.39. The first-order valence-electron chi connectivity index (χ1n) is 10.2. The Morgan fingerprint density at radius 2 is 1.83 bits per heavy atom. The van der Waals surface area contributed by atoms with Gasteiger partial charge in [-0.05, 0) is 36.6 Å². The summed E-state index contributed by atoms with van der Waals surface area (Å²) in [5.41, 5.74) is 1.64. The SMILES string of the molecule is CNc1ccc([N+](=O)[O-])cc1C(=O)NCC1(c2ccc3c(c2)OCCO3)CCCC1. The summed E-state index contributed by atoms with van der Waals surface area (Å²) in [6, 6.07) is 10.3. The van der Waals surface area contributed by atoms with Crippen molar-refractivity contribution in [2.75, 3.05) is 32.1 Å². The Bertz CT molecular complexity index is 969. The summed E-state index contributed by atoms with van der Waals surface area (Å²) in [6.45, 7) is 1.53. The summed E-state index contributed by atoms with van der Waals surface area (Å²) in [4.78, 5) is 23.6. The molecule has 1 saturated carbocycles. The topological polar surface area (TPSA) is 103 Å². The predicted octanol–water partition coefficient (Wildman–Crippen LogP) is 3.65. The van der Waals surface area contributed by atoms with Crippen molar-refractivity contribution in [3.05, 3.63) is 57.6 Å². The van der Waals surface area contributed by atoms with Crippen molar-refractivity contribution in [2.45, 2.75) is 31.1 Å². The second kappa shape index (κ2) is 8.22. The normalized spacial score (nSPS) is 16.7. The molecule has 8 heteroatoms. The van der Waals surface area contributed by atoms with Gasteiger partial charge in [-0.3, -0.25) is 14.9 Å². The van der Waals surface area contributed by atoms with E-state index in [-0.39, 0.29) is 22.6 Å². The van der Waals surface area contributed by atoms with Crippen LogP contribution in [0.2, 0.25) is 0 Å². The molecule has 30 heavy (non-hydrogen) atoms. The van der Waals surface area contributed by atoms with Crippen LogP contribution in [0.25, 0.3) is 0 Å². The van der Waals surface area contributed by atoms with Gasteiger partial charge in [0.1, 0.15) is 13.2 Å². The van der Waals surface area contributed by atoms with E-state index in [1.807, 2.05) is 12.1 Å². The van der Waals surface area contributed by atoms with Crippen molar-refractivity contribution in [3.63, 3.8) is 0 Å². The third-order valence-electron chi connectivity index (χ3n) is 6.03. The number of nitro benzene ring substituents is 1. The minimum absolute atomic E-state index is 0.110. The summed E-state index contributed by atoms with van der Waals surface area (Å²) < 4.78 is 11.4. The van der Waals surface area contributed by atoms with Gasteiger partial charge in [0.2, 0.25) is 0 Å². The van der Waals surface area contributed by atoms with Crippen LogP contribution >= 0.6 is 0 Å². The molecule has 1 aliphatic carbocycles. The van der Waals surface area contributed by atoms with E-state index >= 15 is 0 Å². The number of hydrogen-bond acceptors (Lipinski definition) is 6. The van der Waals surface area contributed by atoms with E-state index in [0.29, 0.717) is 25.4 Å². The highest BCUT2D eigenvalue weighted by Crippen LogP contribution is 2.44. The molecule has 0 bridgehead atoms. The predicted molar refractivity (Wildman–Crippen MR) is 113 cm³/mol. The van der Waals surface area contributed by atoms with E-state index in [1.54, 1.807) is 13.1 Å². The van der Waals surface area contributed by atoms with Crippen LogP contribution in [0.1, 0.15) is 41.6 Å². The standard InChI is InChI=1S/C22H25N3O5/c1-23-18-6-5-16(25(27)28)13-17(18)21(26)24-14-22(8-2-3-9-22)15-4-7-19-20(12-15)30-11-10-29-19/h4-7,12-13,23H,2-3,8-11,14H2,1H3,(H,24,26). The largest absolute Gasteiger partial charge is 0.486 e. The average Bonchev–Trinajstić information content (AvgIpc) is 3.26. The van der Waals surface area contributed by atoms with Crippen molar-refractivity contribution in [1.29, 1.82) is 0 Å². The Morgan fingerprint density at radius 3 is 2.53 bits per heavy atom. The van der Waals surface area contributed by atoms with Crippen LogP contribution < -0.4 is 20.1 Å². The molecule has 0 atom stereocenters. The molecule has 1 fully saturated rings. The summed E-state index contributed by atoms with van der Waals surface area (Å²) in [7, 11) is 1.69. The van der Waals surface area contributed by atoms with Crippen LogP contribution in [0, 0.1) is 10.1 Å². The number of benzene rings is 2. The Labute approximate surface area is 174 Å². The van der Waals surface area contributed by atoms with Crippen molar-refractivity contribution in [2.24, 2.45) is 0 Å². The van der Waals surface area contributed by atoms with Crippen LogP contribution in [0.4, 0.5) is 11.4 Å². The summed E-state index contributed by atoms with van der Waals surface area (Å²) >= 11 is 0. The van der Waals surface area contributed by atoms with Crippen molar-refractivity contribution in [3.8, 4) is 11.5 Å². The number of amides is 1. The van der Waals surface area contributed by atoms with Gasteiger partial charge in [0.25, 0.3) is 11.6 Å². The number of carbonyl (C=O) groups is 1. The first-order valence-corrected chi connectivity index (χ1v) is 10.2. The van der Waals surface area contributed by atoms with Gasteiger partial charge >= 0.3 is 0 Å². The molecular formula is C22H25N3O5. The maximum absolute atomic E-state index is 12.9.